The predicted octanol–water partition coefficient (Wildman–Crippen LogP) is 6.21. The van der Waals surface area contributed by atoms with Crippen molar-refractivity contribution in [3.05, 3.63) is 60.2 Å². The third-order valence-corrected chi connectivity index (χ3v) is 3.91. The second kappa shape index (κ2) is 7.35. The Labute approximate surface area is 121 Å². The summed E-state index contributed by atoms with van der Waals surface area (Å²) in [6.45, 7) is 2.22. The van der Waals surface area contributed by atoms with Crippen LogP contribution in [0, 0.1) is 0 Å². The third kappa shape index (κ3) is 4.11. The summed E-state index contributed by atoms with van der Waals surface area (Å²) in [6, 6.07) is 19.1. The van der Waals surface area contributed by atoms with Crippen LogP contribution in [0.5, 0.6) is 0 Å². The standard InChI is InChI=1S/C18H21Cl/c1-2-3-5-10-18(19)17-13-11-16(12-14-17)15-8-6-4-7-9-15/h4,6-9,11-14,18H,2-3,5,10H2,1H3. The molecule has 0 N–H and O–H groups in total. The zero-order valence-corrected chi connectivity index (χ0v) is 12.2. The maximum atomic E-state index is 6.44. The Balaban J connectivity index is 2.02. The molecule has 0 saturated heterocycles. The van der Waals surface area contributed by atoms with Gasteiger partial charge in [-0.25, -0.2) is 0 Å². The molecule has 0 spiro atoms. The summed E-state index contributed by atoms with van der Waals surface area (Å²) < 4.78 is 0. The molecular formula is C18H21Cl. The lowest BCUT2D eigenvalue weighted by Gasteiger charge is -2.10. The van der Waals surface area contributed by atoms with Crippen molar-refractivity contribution < 1.29 is 0 Å². The van der Waals surface area contributed by atoms with Gasteiger partial charge >= 0.3 is 0 Å². The first-order valence-electron chi connectivity index (χ1n) is 7.10. The molecule has 0 aliphatic carbocycles. The van der Waals surface area contributed by atoms with Crippen LogP contribution in [-0.4, -0.2) is 0 Å². The van der Waals surface area contributed by atoms with Crippen LogP contribution >= 0.6 is 11.6 Å². The molecule has 100 valence electrons. The molecule has 0 aliphatic heterocycles. The molecule has 1 atom stereocenters. The fourth-order valence-corrected chi connectivity index (χ4v) is 2.55. The average molecular weight is 273 g/mol. The quantitative estimate of drug-likeness (QED) is 0.433. The SMILES string of the molecule is CCCCCC(Cl)c1ccc(-c2ccccc2)cc1. The lowest BCUT2D eigenvalue weighted by atomic mass is 10.0. The Morgan fingerprint density at radius 2 is 1.47 bits per heavy atom. The molecule has 1 unspecified atom stereocenters. The maximum Gasteiger partial charge on any atom is 0.0585 e. The van der Waals surface area contributed by atoms with E-state index in [4.69, 9.17) is 11.6 Å². The van der Waals surface area contributed by atoms with Gasteiger partial charge in [-0.05, 0) is 23.1 Å². The second-order valence-electron chi connectivity index (χ2n) is 4.95. The summed E-state index contributed by atoms with van der Waals surface area (Å²) in [6.07, 6.45) is 4.80. The highest BCUT2D eigenvalue weighted by atomic mass is 35.5. The van der Waals surface area contributed by atoms with Crippen LogP contribution in [-0.2, 0) is 0 Å². The molecule has 0 saturated carbocycles. The zero-order valence-electron chi connectivity index (χ0n) is 11.5. The van der Waals surface area contributed by atoms with Gasteiger partial charge in [0, 0.05) is 0 Å². The molecule has 0 radical (unpaired) electrons. The van der Waals surface area contributed by atoms with Crippen molar-refractivity contribution in [2.75, 3.05) is 0 Å². The van der Waals surface area contributed by atoms with Crippen LogP contribution in [0.4, 0.5) is 0 Å². The van der Waals surface area contributed by atoms with Gasteiger partial charge in [-0.3, -0.25) is 0 Å². The number of benzene rings is 2. The van der Waals surface area contributed by atoms with Crippen molar-refractivity contribution >= 4 is 11.6 Å². The van der Waals surface area contributed by atoms with Gasteiger partial charge in [0.15, 0.2) is 0 Å². The number of unbranched alkanes of at least 4 members (excludes halogenated alkanes) is 2. The van der Waals surface area contributed by atoms with Crippen LogP contribution in [0.15, 0.2) is 54.6 Å². The first-order valence-corrected chi connectivity index (χ1v) is 7.54. The van der Waals surface area contributed by atoms with E-state index >= 15 is 0 Å². The van der Waals surface area contributed by atoms with Crippen molar-refractivity contribution in [3.63, 3.8) is 0 Å². The number of hydrogen-bond donors (Lipinski definition) is 0. The maximum absolute atomic E-state index is 6.44. The molecule has 2 rings (SSSR count). The van der Waals surface area contributed by atoms with E-state index in [1.165, 1.54) is 36.0 Å². The lowest BCUT2D eigenvalue weighted by Crippen LogP contribution is -1.91. The van der Waals surface area contributed by atoms with Crippen LogP contribution in [0.3, 0.4) is 0 Å². The van der Waals surface area contributed by atoms with E-state index in [9.17, 15) is 0 Å². The molecule has 2 aromatic rings. The van der Waals surface area contributed by atoms with E-state index in [0.717, 1.165) is 6.42 Å². The number of alkyl halides is 1. The van der Waals surface area contributed by atoms with Gasteiger partial charge < -0.3 is 0 Å². The van der Waals surface area contributed by atoms with Crippen molar-refractivity contribution in [1.82, 2.24) is 0 Å². The van der Waals surface area contributed by atoms with Crippen LogP contribution in [0.2, 0.25) is 0 Å². The first-order chi connectivity index (χ1) is 9.31. The van der Waals surface area contributed by atoms with Crippen molar-refractivity contribution in [1.29, 1.82) is 0 Å². The van der Waals surface area contributed by atoms with Crippen LogP contribution in [0.25, 0.3) is 11.1 Å². The molecule has 0 heterocycles. The summed E-state index contributed by atoms with van der Waals surface area (Å²) in [5.74, 6) is 0. The number of rotatable bonds is 6. The van der Waals surface area contributed by atoms with E-state index in [2.05, 4.69) is 55.5 Å². The second-order valence-corrected chi connectivity index (χ2v) is 5.48. The molecule has 1 heteroatoms. The lowest BCUT2D eigenvalue weighted by molar-refractivity contribution is 0.655. The summed E-state index contributed by atoms with van der Waals surface area (Å²) in [5.41, 5.74) is 3.74. The van der Waals surface area contributed by atoms with E-state index < -0.39 is 0 Å². The average Bonchev–Trinajstić information content (AvgIpc) is 2.48. The van der Waals surface area contributed by atoms with Gasteiger partial charge in [-0.15, -0.1) is 11.6 Å². The van der Waals surface area contributed by atoms with E-state index in [1.807, 2.05) is 6.07 Å². The zero-order chi connectivity index (χ0) is 13.5. The predicted molar refractivity (Wildman–Crippen MR) is 84.6 cm³/mol. The highest BCUT2D eigenvalue weighted by Crippen LogP contribution is 2.28. The smallest absolute Gasteiger partial charge is 0.0585 e. The Hall–Kier alpha value is -1.27. The highest BCUT2D eigenvalue weighted by molar-refractivity contribution is 6.20. The summed E-state index contributed by atoms with van der Waals surface area (Å²) in [5, 5.41) is 0.149. The van der Waals surface area contributed by atoms with E-state index in [1.54, 1.807) is 0 Å². The minimum atomic E-state index is 0.149. The van der Waals surface area contributed by atoms with Gasteiger partial charge in [-0.2, -0.15) is 0 Å². The van der Waals surface area contributed by atoms with Gasteiger partial charge in [0.1, 0.15) is 0 Å². The van der Waals surface area contributed by atoms with Crippen LogP contribution in [0.1, 0.15) is 43.5 Å². The van der Waals surface area contributed by atoms with Crippen molar-refractivity contribution in [3.8, 4) is 11.1 Å². The molecule has 0 bridgehead atoms. The molecule has 0 fully saturated rings. The normalized spacial score (nSPS) is 12.3. The molecule has 0 nitrogen and oxygen atoms in total. The van der Waals surface area contributed by atoms with Gasteiger partial charge in [0.05, 0.1) is 5.38 Å². The third-order valence-electron chi connectivity index (χ3n) is 3.44. The first kappa shape index (κ1) is 14.1. The van der Waals surface area contributed by atoms with E-state index in [0.29, 0.717) is 0 Å². The van der Waals surface area contributed by atoms with Gasteiger partial charge in [0.25, 0.3) is 0 Å². The summed E-state index contributed by atoms with van der Waals surface area (Å²) in [4.78, 5) is 0. The largest absolute Gasteiger partial charge is 0.118 e. The fourth-order valence-electron chi connectivity index (χ4n) is 2.26. The van der Waals surface area contributed by atoms with Crippen LogP contribution < -0.4 is 0 Å². The van der Waals surface area contributed by atoms with Gasteiger partial charge in [-0.1, -0.05) is 80.8 Å². The minimum absolute atomic E-state index is 0.149. The summed E-state index contributed by atoms with van der Waals surface area (Å²) >= 11 is 6.44. The molecule has 0 aromatic heterocycles. The minimum Gasteiger partial charge on any atom is -0.118 e. The van der Waals surface area contributed by atoms with E-state index in [-0.39, 0.29) is 5.38 Å². The number of hydrogen-bond acceptors (Lipinski definition) is 0. The fraction of sp³-hybridized carbons (Fsp3) is 0.333. The molecule has 2 aromatic carbocycles. The molecule has 0 amide bonds. The number of halogens is 1. The Bertz CT molecular complexity index is 473. The molecular weight excluding hydrogens is 252 g/mol. The topological polar surface area (TPSA) is 0 Å². The Kier molecular flexibility index (Phi) is 5.47. The monoisotopic (exact) mass is 272 g/mol. The molecule has 0 aliphatic rings. The van der Waals surface area contributed by atoms with Gasteiger partial charge in [0.2, 0.25) is 0 Å². The summed E-state index contributed by atoms with van der Waals surface area (Å²) in [7, 11) is 0. The molecule has 19 heavy (non-hydrogen) atoms. The van der Waals surface area contributed by atoms with Crippen molar-refractivity contribution in [2.45, 2.75) is 38.0 Å². The highest BCUT2D eigenvalue weighted by Gasteiger charge is 2.07. The Morgan fingerprint density at radius 3 is 2.11 bits per heavy atom. The Morgan fingerprint density at radius 1 is 0.842 bits per heavy atom. The van der Waals surface area contributed by atoms with Crippen molar-refractivity contribution in [2.24, 2.45) is 0 Å².